The molecule has 0 aliphatic heterocycles. The molecule has 19 heavy (non-hydrogen) atoms. The molecule has 1 heterocycles. The van der Waals surface area contributed by atoms with Crippen molar-refractivity contribution in [3.05, 3.63) is 41.1 Å². The van der Waals surface area contributed by atoms with Crippen molar-refractivity contribution >= 4 is 0 Å². The molecule has 0 fully saturated rings. The van der Waals surface area contributed by atoms with Crippen LogP contribution in [-0.4, -0.2) is 15.3 Å². The third-order valence-corrected chi connectivity index (χ3v) is 2.78. The molecule has 102 valence electrons. The van der Waals surface area contributed by atoms with Gasteiger partial charge >= 0.3 is 0 Å². The quantitative estimate of drug-likeness (QED) is 0.896. The van der Waals surface area contributed by atoms with Crippen LogP contribution in [0.15, 0.2) is 22.6 Å². The predicted octanol–water partition coefficient (Wildman–Crippen LogP) is 2.57. The monoisotopic (exact) mass is 262 g/mol. The highest BCUT2D eigenvalue weighted by atomic mass is 16.5. The van der Waals surface area contributed by atoms with Crippen molar-refractivity contribution in [3.8, 4) is 5.75 Å². The Balaban J connectivity index is 2.10. The highest BCUT2D eigenvalue weighted by Crippen LogP contribution is 2.26. The Bertz CT molecular complexity index is 549. The number of aryl methyl sites for hydroxylation is 2. The number of nitrogens with zero attached hydrogens (tertiary/aromatic N) is 2. The summed E-state index contributed by atoms with van der Waals surface area (Å²) in [4.78, 5) is 0. The Kier molecular flexibility index (Phi) is 4.16. The Labute approximate surface area is 112 Å². The second kappa shape index (κ2) is 5.84. The maximum atomic E-state index is 9.74. The zero-order chi connectivity index (χ0) is 13.8. The van der Waals surface area contributed by atoms with Crippen LogP contribution in [0.25, 0.3) is 0 Å². The average molecular weight is 262 g/mol. The number of hydrogen-bond acceptors (Lipinski definition) is 5. The first-order valence-corrected chi connectivity index (χ1v) is 6.32. The lowest BCUT2D eigenvalue weighted by Gasteiger charge is -2.13. The van der Waals surface area contributed by atoms with Crippen LogP contribution >= 0.6 is 0 Å². The van der Waals surface area contributed by atoms with Gasteiger partial charge in [-0.05, 0) is 26.0 Å². The Morgan fingerprint density at radius 1 is 1.32 bits per heavy atom. The van der Waals surface area contributed by atoms with E-state index in [0.717, 1.165) is 11.1 Å². The number of rotatable bonds is 5. The molecule has 1 aromatic heterocycles. The van der Waals surface area contributed by atoms with Crippen LogP contribution in [0, 0.1) is 6.92 Å². The molecule has 1 atom stereocenters. The van der Waals surface area contributed by atoms with Crippen molar-refractivity contribution in [3.63, 3.8) is 0 Å². The van der Waals surface area contributed by atoms with Gasteiger partial charge in [0, 0.05) is 12.0 Å². The van der Waals surface area contributed by atoms with Crippen molar-refractivity contribution in [2.75, 3.05) is 0 Å². The van der Waals surface area contributed by atoms with Gasteiger partial charge in [-0.15, -0.1) is 10.2 Å². The SMILES string of the molecule is CCc1nnc(COc2ccc(C)cc2[C@H](C)O)o1. The summed E-state index contributed by atoms with van der Waals surface area (Å²) >= 11 is 0. The zero-order valence-corrected chi connectivity index (χ0v) is 11.4. The third kappa shape index (κ3) is 3.32. The van der Waals surface area contributed by atoms with Crippen molar-refractivity contribution in [1.29, 1.82) is 0 Å². The van der Waals surface area contributed by atoms with Gasteiger partial charge in [0.25, 0.3) is 5.89 Å². The topological polar surface area (TPSA) is 68.4 Å². The summed E-state index contributed by atoms with van der Waals surface area (Å²) in [6, 6.07) is 5.69. The zero-order valence-electron chi connectivity index (χ0n) is 11.4. The minimum Gasteiger partial charge on any atom is -0.483 e. The highest BCUT2D eigenvalue weighted by Gasteiger charge is 2.11. The lowest BCUT2D eigenvalue weighted by molar-refractivity contribution is 0.186. The van der Waals surface area contributed by atoms with Gasteiger partial charge in [-0.2, -0.15) is 0 Å². The van der Waals surface area contributed by atoms with Crippen LogP contribution in [0.3, 0.4) is 0 Å². The summed E-state index contributed by atoms with van der Waals surface area (Å²) in [7, 11) is 0. The fourth-order valence-corrected chi connectivity index (χ4v) is 1.75. The van der Waals surface area contributed by atoms with Crippen LogP contribution in [0.2, 0.25) is 0 Å². The van der Waals surface area contributed by atoms with Gasteiger partial charge in [0.15, 0.2) is 6.61 Å². The molecule has 0 radical (unpaired) electrons. The smallest absolute Gasteiger partial charge is 0.253 e. The van der Waals surface area contributed by atoms with Crippen LogP contribution < -0.4 is 4.74 Å². The molecule has 2 aromatic rings. The largest absolute Gasteiger partial charge is 0.483 e. The van der Waals surface area contributed by atoms with E-state index >= 15 is 0 Å². The molecule has 2 rings (SSSR count). The van der Waals surface area contributed by atoms with Crippen LogP contribution in [-0.2, 0) is 13.0 Å². The molecule has 1 aromatic carbocycles. The van der Waals surface area contributed by atoms with Crippen LogP contribution in [0.4, 0.5) is 0 Å². The van der Waals surface area contributed by atoms with E-state index in [2.05, 4.69) is 10.2 Å². The van der Waals surface area contributed by atoms with Gasteiger partial charge in [0.1, 0.15) is 5.75 Å². The fraction of sp³-hybridized carbons (Fsp3) is 0.429. The highest BCUT2D eigenvalue weighted by molar-refractivity contribution is 5.38. The van der Waals surface area contributed by atoms with E-state index in [1.807, 2.05) is 32.0 Å². The average Bonchev–Trinajstić information content (AvgIpc) is 2.85. The summed E-state index contributed by atoms with van der Waals surface area (Å²) in [5.74, 6) is 1.67. The maximum absolute atomic E-state index is 9.74. The molecular formula is C14H18N2O3. The predicted molar refractivity (Wildman–Crippen MR) is 69.8 cm³/mol. The first kappa shape index (κ1) is 13.5. The summed E-state index contributed by atoms with van der Waals surface area (Å²) in [5.41, 5.74) is 1.84. The summed E-state index contributed by atoms with van der Waals surface area (Å²) in [5, 5.41) is 17.5. The molecule has 0 amide bonds. The Morgan fingerprint density at radius 3 is 2.68 bits per heavy atom. The second-order valence-electron chi connectivity index (χ2n) is 4.45. The molecule has 0 spiro atoms. The molecule has 0 bridgehead atoms. The van der Waals surface area contributed by atoms with Gasteiger partial charge in [0.2, 0.25) is 5.89 Å². The minimum absolute atomic E-state index is 0.204. The third-order valence-electron chi connectivity index (χ3n) is 2.78. The standard InChI is InChI=1S/C14H18N2O3/c1-4-13-15-16-14(19-13)8-18-12-6-5-9(2)7-11(12)10(3)17/h5-7,10,17H,4,8H2,1-3H3/t10-/m0/s1. The lowest BCUT2D eigenvalue weighted by Crippen LogP contribution is -2.01. The number of aliphatic hydroxyl groups excluding tert-OH is 1. The number of hydrogen-bond donors (Lipinski definition) is 1. The normalized spacial score (nSPS) is 12.4. The fourth-order valence-electron chi connectivity index (χ4n) is 1.75. The number of benzene rings is 1. The number of ether oxygens (including phenoxy) is 1. The molecule has 0 unspecified atom stereocenters. The summed E-state index contributed by atoms with van der Waals surface area (Å²) in [6.45, 7) is 5.84. The van der Waals surface area contributed by atoms with Crippen molar-refractivity contribution in [2.45, 2.75) is 39.9 Å². The minimum atomic E-state index is -0.580. The molecule has 5 nitrogen and oxygen atoms in total. The van der Waals surface area contributed by atoms with Gasteiger partial charge in [0.05, 0.1) is 6.10 Å². The molecule has 1 N–H and O–H groups in total. The van der Waals surface area contributed by atoms with Crippen molar-refractivity contribution < 1.29 is 14.3 Å². The second-order valence-corrected chi connectivity index (χ2v) is 4.45. The molecule has 0 aliphatic carbocycles. The van der Waals surface area contributed by atoms with Gasteiger partial charge in [-0.3, -0.25) is 0 Å². The van der Waals surface area contributed by atoms with Crippen LogP contribution in [0.5, 0.6) is 5.75 Å². The lowest BCUT2D eigenvalue weighted by atomic mass is 10.1. The summed E-state index contributed by atoms with van der Waals surface area (Å²) < 4.78 is 11.0. The molecule has 0 aliphatic rings. The van der Waals surface area contributed by atoms with E-state index in [0.29, 0.717) is 24.0 Å². The molecule has 5 heteroatoms. The molecular weight excluding hydrogens is 244 g/mol. The first-order valence-electron chi connectivity index (χ1n) is 6.32. The van der Waals surface area contributed by atoms with Gasteiger partial charge in [-0.25, -0.2) is 0 Å². The van der Waals surface area contributed by atoms with E-state index < -0.39 is 6.10 Å². The Morgan fingerprint density at radius 2 is 2.05 bits per heavy atom. The van der Waals surface area contributed by atoms with Crippen molar-refractivity contribution in [2.24, 2.45) is 0 Å². The van der Waals surface area contributed by atoms with E-state index in [9.17, 15) is 5.11 Å². The van der Waals surface area contributed by atoms with E-state index in [1.165, 1.54) is 0 Å². The van der Waals surface area contributed by atoms with Crippen molar-refractivity contribution in [1.82, 2.24) is 10.2 Å². The van der Waals surface area contributed by atoms with E-state index in [1.54, 1.807) is 6.92 Å². The van der Waals surface area contributed by atoms with E-state index in [4.69, 9.17) is 9.15 Å². The summed E-state index contributed by atoms with van der Waals surface area (Å²) in [6.07, 6.45) is 0.125. The van der Waals surface area contributed by atoms with Crippen LogP contribution in [0.1, 0.15) is 42.9 Å². The maximum Gasteiger partial charge on any atom is 0.253 e. The molecule has 0 saturated heterocycles. The van der Waals surface area contributed by atoms with Gasteiger partial charge < -0.3 is 14.3 Å². The van der Waals surface area contributed by atoms with Gasteiger partial charge in [-0.1, -0.05) is 18.6 Å². The molecule has 0 saturated carbocycles. The first-order chi connectivity index (χ1) is 9.10. The number of aromatic nitrogens is 2. The number of aliphatic hydroxyl groups is 1. The van der Waals surface area contributed by atoms with E-state index in [-0.39, 0.29) is 6.61 Å². The Hall–Kier alpha value is -1.88.